The summed E-state index contributed by atoms with van der Waals surface area (Å²) in [6, 6.07) is 13.4. The molecule has 0 saturated carbocycles. The topological polar surface area (TPSA) is 55.6 Å². The second-order valence-corrected chi connectivity index (χ2v) is 7.60. The number of fused-ring (bicyclic) bond motifs is 1. The first-order valence-electron chi connectivity index (χ1n) is 9.29. The van der Waals surface area contributed by atoms with Crippen LogP contribution >= 0.6 is 11.3 Å². The zero-order valence-corrected chi connectivity index (χ0v) is 16.9. The van der Waals surface area contributed by atoms with Crippen molar-refractivity contribution >= 4 is 22.2 Å². The Balaban J connectivity index is 1.47. The molecule has 1 N–H and O–H groups in total. The fourth-order valence-electron chi connectivity index (χ4n) is 3.05. The minimum atomic E-state index is -0.267. The maximum absolute atomic E-state index is 13.1. The molecule has 2 heterocycles. The molecular formula is C22H20FN3O2S. The van der Waals surface area contributed by atoms with Gasteiger partial charge in [0.1, 0.15) is 11.6 Å². The van der Waals surface area contributed by atoms with Gasteiger partial charge in [0.05, 0.1) is 18.8 Å². The molecule has 1 amide bonds. The van der Waals surface area contributed by atoms with Crippen LogP contribution in [-0.2, 0) is 6.54 Å². The van der Waals surface area contributed by atoms with Gasteiger partial charge in [0.15, 0.2) is 4.96 Å². The second kappa shape index (κ2) is 8.05. The first-order chi connectivity index (χ1) is 14.0. The van der Waals surface area contributed by atoms with Crippen molar-refractivity contribution < 1.29 is 13.9 Å². The van der Waals surface area contributed by atoms with Gasteiger partial charge in [0.2, 0.25) is 0 Å². The number of carbonyl (C=O) groups excluding carboxylic acids is 1. The Morgan fingerprint density at radius 2 is 1.90 bits per heavy atom. The van der Waals surface area contributed by atoms with Crippen LogP contribution in [0.2, 0.25) is 0 Å². The molecule has 0 fully saturated rings. The fourth-order valence-corrected chi connectivity index (χ4v) is 4.09. The summed E-state index contributed by atoms with van der Waals surface area (Å²) in [5.41, 5.74) is 3.28. The van der Waals surface area contributed by atoms with Crippen LogP contribution < -0.4 is 10.1 Å². The predicted molar refractivity (Wildman–Crippen MR) is 112 cm³/mol. The minimum absolute atomic E-state index is 0.134. The molecule has 148 valence electrons. The molecule has 4 rings (SSSR count). The van der Waals surface area contributed by atoms with E-state index in [1.165, 1.54) is 23.5 Å². The molecule has 0 atom stereocenters. The molecule has 2 aromatic carbocycles. The molecule has 7 heteroatoms. The van der Waals surface area contributed by atoms with E-state index in [2.05, 4.69) is 10.3 Å². The predicted octanol–water partition coefficient (Wildman–Crippen LogP) is 4.84. The third-order valence-corrected chi connectivity index (χ3v) is 5.79. The summed E-state index contributed by atoms with van der Waals surface area (Å²) >= 11 is 1.53. The highest BCUT2D eigenvalue weighted by Crippen LogP contribution is 2.27. The summed E-state index contributed by atoms with van der Waals surface area (Å²) in [4.78, 5) is 18.9. The fraction of sp³-hybridized carbons (Fsp3) is 0.182. The van der Waals surface area contributed by atoms with Crippen molar-refractivity contribution in [3.63, 3.8) is 0 Å². The van der Waals surface area contributed by atoms with Crippen molar-refractivity contribution in [3.8, 4) is 17.0 Å². The van der Waals surface area contributed by atoms with Crippen LogP contribution in [0.1, 0.15) is 27.9 Å². The van der Waals surface area contributed by atoms with Crippen LogP contribution in [0.25, 0.3) is 16.2 Å². The molecule has 4 aromatic rings. The summed E-state index contributed by atoms with van der Waals surface area (Å²) in [6.45, 7) is 4.94. The molecule has 0 aliphatic heterocycles. The third kappa shape index (κ3) is 4.00. The van der Waals surface area contributed by atoms with Crippen LogP contribution in [0.15, 0.2) is 54.7 Å². The lowest BCUT2D eigenvalue weighted by molar-refractivity contribution is 0.0951. The largest absolute Gasteiger partial charge is 0.494 e. The van der Waals surface area contributed by atoms with Crippen LogP contribution in [0, 0.1) is 12.7 Å². The maximum Gasteiger partial charge on any atom is 0.251 e. The number of nitrogens with one attached hydrogen (secondary N) is 1. The quantitative estimate of drug-likeness (QED) is 0.496. The van der Waals surface area contributed by atoms with E-state index >= 15 is 0 Å². The van der Waals surface area contributed by atoms with Gasteiger partial charge in [-0.3, -0.25) is 9.20 Å². The van der Waals surface area contributed by atoms with E-state index in [0.717, 1.165) is 32.5 Å². The zero-order valence-electron chi connectivity index (χ0n) is 16.1. The van der Waals surface area contributed by atoms with Crippen molar-refractivity contribution in [3.05, 3.63) is 76.7 Å². The van der Waals surface area contributed by atoms with E-state index in [1.807, 2.05) is 24.4 Å². The average Bonchev–Trinajstić information content (AvgIpc) is 3.27. The van der Waals surface area contributed by atoms with Crippen molar-refractivity contribution in [2.24, 2.45) is 0 Å². The van der Waals surface area contributed by atoms with E-state index in [0.29, 0.717) is 18.7 Å². The number of aromatic nitrogens is 2. The molecule has 0 saturated heterocycles. The lowest BCUT2D eigenvalue weighted by atomic mass is 10.2. The smallest absolute Gasteiger partial charge is 0.251 e. The minimum Gasteiger partial charge on any atom is -0.494 e. The Labute approximate surface area is 171 Å². The third-order valence-electron chi connectivity index (χ3n) is 4.63. The number of aryl methyl sites for hydroxylation is 1. The molecule has 0 bridgehead atoms. The van der Waals surface area contributed by atoms with Gasteiger partial charge in [-0.05, 0) is 62.4 Å². The second-order valence-electron chi connectivity index (χ2n) is 6.54. The maximum atomic E-state index is 13.1. The first-order valence-corrected chi connectivity index (χ1v) is 10.1. The van der Waals surface area contributed by atoms with Gasteiger partial charge in [-0.15, -0.1) is 0 Å². The van der Waals surface area contributed by atoms with Gasteiger partial charge in [0, 0.05) is 27.9 Å². The molecule has 0 spiro atoms. The number of ether oxygens (including phenoxy) is 1. The number of hydrogen-bond donors (Lipinski definition) is 1. The normalized spacial score (nSPS) is 11.0. The van der Waals surface area contributed by atoms with Crippen molar-refractivity contribution in [2.45, 2.75) is 20.4 Å². The van der Waals surface area contributed by atoms with Gasteiger partial charge < -0.3 is 10.1 Å². The van der Waals surface area contributed by atoms with Gasteiger partial charge >= 0.3 is 0 Å². The van der Waals surface area contributed by atoms with Crippen molar-refractivity contribution in [1.82, 2.24) is 14.7 Å². The van der Waals surface area contributed by atoms with Gasteiger partial charge in [-0.2, -0.15) is 0 Å². The Morgan fingerprint density at radius 3 is 2.55 bits per heavy atom. The van der Waals surface area contributed by atoms with E-state index < -0.39 is 0 Å². The Hall–Kier alpha value is -3.19. The Morgan fingerprint density at radius 1 is 1.17 bits per heavy atom. The van der Waals surface area contributed by atoms with Crippen LogP contribution in [0.3, 0.4) is 0 Å². The van der Waals surface area contributed by atoms with Gasteiger partial charge in [-0.25, -0.2) is 9.37 Å². The van der Waals surface area contributed by atoms with Gasteiger partial charge in [0.25, 0.3) is 5.91 Å². The molecule has 2 aromatic heterocycles. The number of nitrogens with zero attached hydrogens (tertiary/aromatic N) is 2. The molecule has 29 heavy (non-hydrogen) atoms. The van der Waals surface area contributed by atoms with Crippen molar-refractivity contribution in [1.29, 1.82) is 0 Å². The lowest BCUT2D eigenvalue weighted by Crippen LogP contribution is -2.22. The number of carbonyl (C=O) groups is 1. The summed E-state index contributed by atoms with van der Waals surface area (Å²) in [6.07, 6.45) is 1.94. The van der Waals surface area contributed by atoms with E-state index in [-0.39, 0.29) is 11.7 Å². The Bertz CT molecular complexity index is 1150. The Kier molecular flexibility index (Phi) is 5.31. The van der Waals surface area contributed by atoms with Crippen molar-refractivity contribution in [2.75, 3.05) is 6.61 Å². The highest BCUT2D eigenvalue weighted by molar-refractivity contribution is 7.17. The number of imidazole rings is 1. The summed E-state index contributed by atoms with van der Waals surface area (Å²) in [7, 11) is 0. The van der Waals surface area contributed by atoms with Crippen LogP contribution in [0.4, 0.5) is 4.39 Å². The average molecular weight is 409 g/mol. The lowest BCUT2D eigenvalue weighted by Gasteiger charge is -2.06. The van der Waals surface area contributed by atoms with E-state index in [9.17, 15) is 9.18 Å². The van der Waals surface area contributed by atoms with Gasteiger partial charge in [-0.1, -0.05) is 11.3 Å². The summed E-state index contributed by atoms with van der Waals surface area (Å²) < 4.78 is 20.5. The van der Waals surface area contributed by atoms with E-state index in [4.69, 9.17) is 4.74 Å². The number of hydrogen-bond acceptors (Lipinski definition) is 4. The number of amides is 1. The highest BCUT2D eigenvalue weighted by atomic mass is 32.1. The molecule has 0 unspecified atom stereocenters. The van der Waals surface area contributed by atoms with E-state index in [1.54, 1.807) is 36.4 Å². The number of rotatable bonds is 6. The number of benzene rings is 2. The first kappa shape index (κ1) is 19.1. The molecule has 0 radical (unpaired) electrons. The molecular weight excluding hydrogens is 389 g/mol. The monoisotopic (exact) mass is 409 g/mol. The molecule has 5 nitrogen and oxygen atoms in total. The molecule has 0 aliphatic rings. The zero-order chi connectivity index (χ0) is 20.4. The SMILES string of the molecule is CCOc1ccc(C(=O)NCc2sc3nc(-c4ccc(F)cc4)cn3c2C)cc1. The highest BCUT2D eigenvalue weighted by Gasteiger charge is 2.14. The van der Waals surface area contributed by atoms with Crippen LogP contribution in [0.5, 0.6) is 5.75 Å². The number of halogens is 1. The summed E-state index contributed by atoms with van der Waals surface area (Å²) in [5.74, 6) is 0.346. The molecule has 0 aliphatic carbocycles. The van der Waals surface area contributed by atoms with Crippen LogP contribution in [-0.4, -0.2) is 21.9 Å². The standard InChI is InChI=1S/C22H20FN3O2S/c1-3-28-18-10-6-16(7-11-18)21(27)24-12-20-14(2)26-13-19(25-22(26)29-20)15-4-8-17(23)9-5-15/h4-11,13H,3,12H2,1-2H3,(H,24,27). The number of thiazole rings is 1. The summed E-state index contributed by atoms with van der Waals surface area (Å²) in [5, 5.41) is 2.96.